The van der Waals surface area contributed by atoms with Crippen molar-refractivity contribution in [1.29, 1.82) is 0 Å². The summed E-state index contributed by atoms with van der Waals surface area (Å²) >= 11 is 0. The molecule has 50 valence electrons. The standard InChI is InChI=1S/C7H12OSi/c1-4-7(5-2)6-9-8-3/h4-5,7H,1-2,6H2,3H3. The number of rotatable bonds is 5. The second-order valence-corrected chi connectivity index (χ2v) is 2.79. The molecule has 1 nitrogen and oxygen atoms in total. The Bertz CT molecular complexity index is 82.9. The first-order chi connectivity index (χ1) is 4.35. The van der Waals surface area contributed by atoms with Gasteiger partial charge in [0.05, 0.1) is 0 Å². The Hall–Kier alpha value is -0.343. The number of hydrogen-bond acceptors (Lipinski definition) is 1. The van der Waals surface area contributed by atoms with Gasteiger partial charge in [-0.1, -0.05) is 12.2 Å². The Morgan fingerprint density at radius 2 is 2.11 bits per heavy atom. The minimum absolute atomic E-state index is 0.420. The molecule has 2 heteroatoms. The van der Waals surface area contributed by atoms with E-state index in [1.807, 2.05) is 12.2 Å². The summed E-state index contributed by atoms with van der Waals surface area (Å²) in [5.74, 6) is 0.420. The summed E-state index contributed by atoms with van der Waals surface area (Å²) in [5, 5.41) is 0. The lowest BCUT2D eigenvalue weighted by atomic mass is 10.2. The Balaban J connectivity index is 3.30. The average molecular weight is 140 g/mol. The van der Waals surface area contributed by atoms with Crippen molar-refractivity contribution < 1.29 is 4.43 Å². The molecule has 0 saturated heterocycles. The zero-order chi connectivity index (χ0) is 7.11. The van der Waals surface area contributed by atoms with Gasteiger partial charge < -0.3 is 4.43 Å². The highest BCUT2D eigenvalue weighted by Crippen LogP contribution is 2.04. The van der Waals surface area contributed by atoms with Gasteiger partial charge in [0.2, 0.25) is 9.76 Å². The van der Waals surface area contributed by atoms with Crippen molar-refractivity contribution in [2.75, 3.05) is 7.11 Å². The zero-order valence-corrected chi connectivity index (χ0v) is 6.76. The first-order valence-corrected chi connectivity index (χ1v) is 3.97. The maximum atomic E-state index is 4.91. The van der Waals surface area contributed by atoms with Crippen molar-refractivity contribution in [2.24, 2.45) is 5.92 Å². The van der Waals surface area contributed by atoms with Gasteiger partial charge in [-0.25, -0.2) is 0 Å². The molecular weight excluding hydrogens is 128 g/mol. The molecule has 0 amide bonds. The molecular formula is C7H12OSi. The van der Waals surface area contributed by atoms with Gasteiger partial charge in [0.15, 0.2) is 0 Å². The molecule has 0 spiro atoms. The van der Waals surface area contributed by atoms with Crippen LogP contribution in [0.2, 0.25) is 6.04 Å². The molecule has 2 radical (unpaired) electrons. The Labute approximate surface area is 59.4 Å². The van der Waals surface area contributed by atoms with Crippen molar-refractivity contribution in [1.82, 2.24) is 0 Å². The molecule has 0 aliphatic rings. The zero-order valence-electron chi connectivity index (χ0n) is 5.76. The fraction of sp³-hybridized carbons (Fsp3) is 0.429. The minimum Gasteiger partial charge on any atom is -0.421 e. The third-order valence-electron chi connectivity index (χ3n) is 1.07. The van der Waals surface area contributed by atoms with Crippen molar-refractivity contribution in [3.05, 3.63) is 25.3 Å². The monoisotopic (exact) mass is 140 g/mol. The number of allylic oxidation sites excluding steroid dienone is 2. The lowest BCUT2D eigenvalue weighted by Gasteiger charge is -2.01. The molecule has 0 aliphatic carbocycles. The van der Waals surface area contributed by atoms with Gasteiger partial charge in [-0.05, 0) is 12.0 Å². The molecule has 0 saturated carbocycles. The third kappa shape index (κ3) is 4.18. The molecule has 0 rings (SSSR count). The molecule has 0 aromatic heterocycles. The van der Waals surface area contributed by atoms with Gasteiger partial charge in [-0.3, -0.25) is 0 Å². The summed E-state index contributed by atoms with van der Waals surface area (Å²) in [5.41, 5.74) is 0. The normalized spacial score (nSPS) is 9.56. The van der Waals surface area contributed by atoms with Crippen LogP contribution >= 0.6 is 0 Å². The maximum Gasteiger partial charge on any atom is 0.229 e. The Morgan fingerprint density at radius 1 is 1.56 bits per heavy atom. The van der Waals surface area contributed by atoms with E-state index in [9.17, 15) is 0 Å². The van der Waals surface area contributed by atoms with Crippen LogP contribution in [0.15, 0.2) is 25.3 Å². The summed E-state index contributed by atoms with van der Waals surface area (Å²) in [4.78, 5) is 0. The van der Waals surface area contributed by atoms with E-state index in [-0.39, 0.29) is 0 Å². The Kier molecular flexibility index (Phi) is 5.57. The van der Waals surface area contributed by atoms with Crippen LogP contribution < -0.4 is 0 Å². The first kappa shape index (κ1) is 8.66. The molecule has 0 N–H and O–H groups in total. The highest BCUT2D eigenvalue weighted by atomic mass is 28.2. The second-order valence-electron chi connectivity index (χ2n) is 1.69. The van der Waals surface area contributed by atoms with Gasteiger partial charge in [-0.15, -0.1) is 13.2 Å². The number of hydrogen-bond donors (Lipinski definition) is 0. The lowest BCUT2D eigenvalue weighted by Crippen LogP contribution is -1.99. The largest absolute Gasteiger partial charge is 0.421 e. The van der Waals surface area contributed by atoms with E-state index in [1.165, 1.54) is 0 Å². The summed E-state index contributed by atoms with van der Waals surface area (Å²) in [6, 6.07) is 1.02. The summed E-state index contributed by atoms with van der Waals surface area (Å²) in [6.07, 6.45) is 3.78. The predicted molar refractivity (Wildman–Crippen MR) is 41.5 cm³/mol. The van der Waals surface area contributed by atoms with E-state index < -0.39 is 0 Å². The lowest BCUT2D eigenvalue weighted by molar-refractivity contribution is 0.438. The van der Waals surface area contributed by atoms with Gasteiger partial charge >= 0.3 is 0 Å². The fourth-order valence-corrected chi connectivity index (χ4v) is 1.13. The maximum absolute atomic E-state index is 4.91. The van der Waals surface area contributed by atoms with Crippen LogP contribution in [0.3, 0.4) is 0 Å². The van der Waals surface area contributed by atoms with Crippen LogP contribution in [0.1, 0.15) is 0 Å². The van der Waals surface area contributed by atoms with E-state index >= 15 is 0 Å². The van der Waals surface area contributed by atoms with Crippen molar-refractivity contribution in [3.8, 4) is 0 Å². The van der Waals surface area contributed by atoms with Crippen LogP contribution in [0, 0.1) is 5.92 Å². The van der Waals surface area contributed by atoms with Gasteiger partial charge in [0, 0.05) is 7.11 Å². The van der Waals surface area contributed by atoms with Crippen molar-refractivity contribution >= 4 is 9.76 Å². The molecule has 0 bridgehead atoms. The topological polar surface area (TPSA) is 9.23 Å². The van der Waals surface area contributed by atoms with Crippen LogP contribution in [-0.2, 0) is 4.43 Å². The summed E-state index contributed by atoms with van der Waals surface area (Å²) in [7, 11) is 2.28. The summed E-state index contributed by atoms with van der Waals surface area (Å²) in [6.45, 7) is 7.32. The molecule has 0 aromatic rings. The third-order valence-corrected chi connectivity index (χ3v) is 2.00. The molecule has 0 heterocycles. The highest BCUT2D eigenvalue weighted by molar-refractivity contribution is 6.27. The van der Waals surface area contributed by atoms with Gasteiger partial charge in [-0.2, -0.15) is 0 Å². The van der Waals surface area contributed by atoms with Crippen LogP contribution in [0.25, 0.3) is 0 Å². The van der Waals surface area contributed by atoms with E-state index in [0.29, 0.717) is 15.7 Å². The fourth-order valence-electron chi connectivity index (χ4n) is 0.442. The molecule has 9 heavy (non-hydrogen) atoms. The molecule has 0 atom stereocenters. The minimum atomic E-state index is 0.420. The van der Waals surface area contributed by atoms with Crippen LogP contribution in [0.5, 0.6) is 0 Å². The summed E-state index contributed by atoms with van der Waals surface area (Å²) < 4.78 is 4.91. The first-order valence-electron chi connectivity index (χ1n) is 2.86. The highest BCUT2D eigenvalue weighted by Gasteiger charge is 1.97. The molecule has 0 aromatic carbocycles. The quantitative estimate of drug-likeness (QED) is 0.417. The van der Waals surface area contributed by atoms with Gasteiger partial charge in [0.1, 0.15) is 0 Å². The van der Waals surface area contributed by atoms with E-state index in [4.69, 9.17) is 4.43 Å². The smallest absolute Gasteiger partial charge is 0.229 e. The van der Waals surface area contributed by atoms with Crippen molar-refractivity contribution in [3.63, 3.8) is 0 Å². The van der Waals surface area contributed by atoms with E-state index in [1.54, 1.807) is 7.11 Å². The van der Waals surface area contributed by atoms with E-state index in [0.717, 1.165) is 6.04 Å². The SMILES string of the molecule is C=CC(C=C)C[Si]OC. The van der Waals surface area contributed by atoms with Crippen LogP contribution in [0.4, 0.5) is 0 Å². The van der Waals surface area contributed by atoms with E-state index in [2.05, 4.69) is 13.2 Å². The Morgan fingerprint density at radius 3 is 2.44 bits per heavy atom. The van der Waals surface area contributed by atoms with Gasteiger partial charge in [0.25, 0.3) is 0 Å². The average Bonchev–Trinajstić information content (AvgIpc) is 1.91. The van der Waals surface area contributed by atoms with Crippen LogP contribution in [-0.4, -0.2) is 16.9 Å². The molecule has 0 aliphatic heterocycles. The predicted octanol–water partition coefficient (Wildman–Crippen LogP) is 1.66. The molecule has 0 unspecified atom stereocenters. The molecule has 0 fully saturated rings. The van der Waals surface area contributed by atoms with Crippen molar-refractivity contribution in [2.45, 2.75) is 6.04 Å². The second kappa shape index (κ2) is 5.79.